The summed E-state index contributed by atoms with van der Waals surface area (Å²) in [5, 5.41) is 19.8. The third-order valence-electron chi connectivity index (χ3n) is 2.08. The predicted octanol–water partition coefficient (Wildman–Crippen LogP) is -0.123. The third-order valence-corrected chi connectivity index (χ3v) is 2.08. The Bertz CT molecular complexity index is 298. The molecule has 1 unspecified atom stereocenters. The largest absolute Gasteiger partial charge is 0.480 e. The van der Waals surface area contributed by atoms with Gasteiger partial charge in [-0.25, -0.2) is 9.59 Å². The molecule has 0 aliphatic heterocycles. The van der Waals surface area contributed by atoms with E-state index in [2.05, 4.69) is 11.2 Å². The normalized spacial score (nSPS) is 11.4. The number of hydrogen-bond acceptors (Lipinski definition) is 3. The van der Waals surface area contributed by atoms with E-state index in [1.54, 1.807) is 0 Å². The summed E-state index contributed by atoms with van der Waals surface area (Å²) < 4.78 is 0. The van der Waals surface area contributed by atoms with Crippen LogP contribution in [-0.2, 0) is 4.79 Å². The molecule has 0 aliphatic rings. The first-order valence-corrected chi connectivity index (χ1v) is 5.39. The van der Waals surface area contributed by atoms with Crippen molar-refractivity contribution in [1.29, 1.82) is 0 Å². The zero-order valence-electron chi connectivity index (χ0n) is 9.85. The van der Waals surface area contributed by atoms with Crippen molar-refractivity contribution in [3.05, 3.63) is 0 Å². The van der Waals surface area contributed by atoms with Crippen molar-refractivity contribution in [2.75, 3.05) is 19.7 Å². The van der Waals surface area contributed by atoms with E-state index in [1.165, 1.54) is 4.90 Å². The highest BCUT2D eigenvalue weighted by Gasteiger charge is 2.21. The standard InChI is InChI=1S/C11H18N2O4/c1-3-6-13(7-4-2)11(17)12-9(5-8-14)10(15)16/h1,9,14H,4-8H2,2H3,(H,12,17)(H,15,16). The Morgan fingerprint density at radius 1 is 1.53 bits per heavy atom. The Hall–Kier alpha value is -1.74. The second kappa shape index (κ2) is 8.42. The van der Waals surface area contributed by atoms with Crippen molar-refractivity contribution in [3.8, 4) is 12.3 Å². The summed E-state index contributed by atoms with van der Waals surface area (Å²) in [5.41, 5.74) is 0. The number of aliphatic hydroxyl groups is 1. The number of aliphatic carboxylic acids is 1. The molecule has 0 aromatic carbocycles. The number of nitrogens with zero attached hydrogens (tertiary/aromatic N) is 1. The van der Waals surface area contributed by atoms with Crippen LogP contribution in [0.1, 0.15) is 19.8 Å². The van der Waals surface area contributed by atoms with Gasteiger partial charge in [-0.1, -0.05) is 12.8 Å². The van der Waals surface area contributed by atoms with Crippen molar-refractivity contribution in [3.63, 3.8) is 0 Å². The second-order valence-electron chi connectivity index (χ2n) is 3.48. The molecule has 3 N–H and O–H groups in total. The highest BCUT2D eigenvalue weighted by Crippen LogP contribution is 1.97. The van der Waals surface area contributed by atoms with Gasteiger partial charge in [-0.2, -0.15) is 0 Å². The van der Waals surface area contributed by atoms with Gasteiger partial charge in [-0.05, 0) is 6.42 Å². The molecule has 17 heavy (non-hydrogen) atoms. The van der Waals surface area contributed by atoms with Crippen molar-refractivity contribution in [1.82, 2.24) is 10.2 Å². The molecule has 96 valence electrons. The molecule has 2 amide bonds. The fourth-order valence-corrected chi connectivity index (χ4v) is 1.26. The Morgan fingerprint density at radius 3 is 2.59 bits per heavy atom. The monoisotopic (exact) mass is 242 g/mol. The minimum Gasteiger partial charge on any atom is -0.480 e. The summed E-state index contributed by atoms with van der Waals surface area (Å²) in [6.45, 7) is 2.17. The van der Waals surface area contributed by atoms with Gasteiger partial charge in [-0.3, -0.25) is 0 Å². The summed E-state index contributed by atoms with van der Waals surface area (Å²) in [7, 11) is 0. The zero-order valence-corrected chi connectivity index (χ0v) is 9.85. The van der Waals surface area contributed by atoms with Crippen molar-refractivity contribution in [2.45, 2.75) is 25.8 Å². The van der Waals surface area contributed by atoms with E-state index in [1.807, 2.05) is 6.92 Å². The molecule has 0 saturated carbocycles. The quantitative estimate of drug-likeness (QED) is 0.543. The van der Waals surface area contributed by atoms with Crippen LogP contribution in [0.3, 0.4) is 0 Å². The van der Waals surface area contributed by atoms with Gasteiger partial charge in [0.05, 0.1) is 6.54 Å². The molecule has 6 heteroatoms. The van der Waals surface area contributed by atoms with Gasteiger partial charge >= 0.3 is 12.0 Å². The number of carboxylic acid groups (broad SMARTS) is 1. The van der Waals surface area contributed by atoms with Gasteiger partial charge in [0.2, 0.25) is 0 Å². The second-order valence-corrected chi connectivity index (χ2v) is 3.48. The third kappa shape index (κ3) is 5.78. The topological polar surface area (TPSA) is 89.9 Å². The summed E-state index contributed by atoms with van der Waals surface area (Å²) >= 11 is 0. The smallest absolute Gasteiger partial charge is 0.326 e. The van der Waals surface area contributed by atoms with Crippen molar-refractivity contribution >= 4 is 12.0 Å². The van der Waals surface area contributed by atoms with Crippen LogP contribution in [0.25, 0.3) is 0 Å². The Kier molecular flexibility index (Phi) is 7.55. The number of carbonyl (C=O) groups excluding carboxylic acids is 1. The number of urea groups is 1. The highest BCUT2D eigenvalue weighted by molar-refractivity contribution is 5.82. The molecule has 1 atom stereocenters. The molecule has 0 aromatic rings. The van der Waals surface area contributed by atoms with Crippen LogP contribution in [0.2, 0.25) is 0 Å². The van der Waals surface area contributed by atoms with E-state index in [0.29, 0.717) is 6.54 Å². The molecular weight excluding hydrogens is 224 g/mol. The van der Waals surface area contributed by atoms with E-state index in [4.69, 9.17) is 16.6 Å². The number of rotatable bonds is 7. The molecule has 0 radical (unpaired) electrons. The SMILES string of the molecule is C#CCN(CCC)C(=O)NC(CCO)C(=O)O. The summed E-state index contributed by atoms with van der Waals surface area (Å²) in [6, 6.07) is -1.62. The maximum atomic E-state index is 11.7. The lowest BCUT2D eigenvalue weighted by molar-refractivity contribution is -0.139. The van der Waals surface area contributed by atoms with Crippen LogP contribution in [0.5, 0.6) is 0 Å². The summed E-state index contributed by atoms with van der Waals surface area (Å²) in [4.78, 5) is 23.8. The van der Waals surface area contributed by atoms with Crippen molar-refractivity contribution in [2.24, 2.45) is 0 Å². The van der Waals surface area contributed by atoms with Crippen LogP contribution in [0.4, 0.5) is 4.79 Å². The van der Waals surface area contributed by atoms with Crippen LogP contribution in [0.15, 0.2) is 0 Å². The molecule has 0 aromatic heterocycles. The number of carboxylic acids is 1. The van der Waals surface area contributed by atoms with Gasteiger partial charge in [0.15, 0.2) is 0 Å². The number of nitrogens with one attached hydrogen (secondary N) is 1. The van der Waals surface area contributed by atoms with E-state index >= 15 is 0 Å². The molecule has 0 saturated heterocycles. The lowest BCUT2D eigenvalue weighted by atomic mass is 10.2. The van der Waals surface area contributed by atoms with E-state index in [-0.39, 0.29) is 19.6 Å². The lowest BCUT2D eigenvalue weighted by Crippen LogP contribution is -2.48. The first-order valence-electron chi connectivity index (χ1n) is 5.39. The van der Waals surface area contributed by atoms with Crippen LogP contribution < -0.4 is 5.32 Å². The highest BCUT2D eigenvalue weighted by atomic mass is 16.4. The van der Waals surface area contributed by atoms with Gasteiger partial charge in [-0.15, -0.1) is 6.42 Å². The first kappa shape index (κ1) is 15.3. The lowest BCUT2D eigenvalue weighted by Gasteiger charge is -2.22. The van der Waals surface area contributed by atoms with E-state index in [0.717, 1.165) is 6.42 Å². The molecule has 0 heterocycles. The van der Waals surface area contributed by atoms with E-state index in [9.17, 15) is 9.59 Å². The van der Waals surface area contributed by atoms with Gasteiger partial charge in [0.1, 0.15) is 6.04 Å². The summed E-state index contributed by atoms with van der Waals surface area (Å²) in [5.74, 6) is 1.16. The number of hydrogen-bond donors (Lipinski definition) is 3. The number of carbonyl (C=O) groups is 2. The molecule has 0 spiro atoms. The predicted molar refractivity (Wildman–Crippen MR) is 62.4 cm³/mol. The first-order chi connectivity index (χ1) is 8.06. The fraction of sp³-hybridized carbons (Fsp3) is 0.636. The van der Waals surface area contributed by atoms with E-state index < -0.39 is 18.0 Å². The average Bonchev–Trinajstić information content (AvgIpc) is 2.28. The fourth-order valence-electron chi connectivity index (χ4n) is 1.26. The maximum Gasteiger partial charge on any atom is 0.326 e. The molecule has 0 bridgehead atoms. The number of terminal acetylenes is 1. The van der Waals surface area contributed by atoms with Gasteiger partial charge in [0.25, 0.3) is 0 Å². The zero-order chi connectivity index (χ0) is 13.3. The number of amides is 2. The molecule has 6 nitrogen and oxygen atoms in total. The van der Waals surface area contributed by atoms with Crippen LogP contribution in [-0.4, -0.2) is 52.9 Å². The molecular formula is C11H18N2O4. The van der Waals surface area contributed by atoms with Gasteiger partial charge < -0.3 is 20.4 Å². The molecule has 0 fully saturated rings. The Morgan fingerprint density at radius 2 is 2.18 bits per heavy atom. The minimum atomic E-state index is -1.18. The Balaban J connectivity index is 4.45. The maximum absolute atomic E-state index is 11.7. The van der Waals surface area contributed by atoms with Crippen molar-refractivity contribution < 1.29 is 19.8 Å². The van der Waals surface area contributed by atoms with Crippen LogP contribution >= 0.6 is 0 Å². The average molecular weight is 242 g/mol. The molecule has 0 rings (SSSR count). The van der Waals surface area contributed by atoms with Crippen LogP contribution in [0, 0.1) is 12.3 Å². The number of aliphatic hydroxyl groups excluding tert-OH is 1. The summed E-state index contributed by atoms with van der Waals surface area (Å²) in [6.07, 6.45) is 5.82. The molecule has 0 aliphatic carbocycles. The Labute approximate surface area is 101 Å². The van der Waals surface area contributed by atoms with Gasteiger partial charge in [0, 0.05) is 19.6 Å². The minimum absolute atomic E-state index is 0.0307.